The zero-order valence-electron chi connectivity index (χ0n) is 10.2. The van der Waals surface area contributed by atoms with E-state index in [4.69, 9.17) is 10.4 Å². The first-order chi connectivity index (χ1) is 8.63. The van der Waals surface area contributed by atoms with Crippen LogP contribution in [0.15, 0.2) is 18.2 Å². The fourth-order valence-corrected chi connectivity index (χ4v) is 1.73. The molecule has 6 heteroatoms. The van der Waals surface area contributed by atoms with Crippen molar-refractivity contribution in [3.8, 4) is 6.07 Å². The summed E-state index contributed by atoms with van der Waals surface area (Å²) in [6, 6.07) is 6.24. The highest BCUT2D eigenvalue weighted by atomic mass is 16.6. The summed E-state index contributed by atoms with van der Waals surface area (Å²) in [6.45, 7) is 3.17. The summed E-state index contributed by atoms with van der Waals surface area (Å²) < 4.78 is 0. The molecular weight excluding hydrogens is 234 g/mol. The molecule has 6 nitrogen and oxygen atoms in total. The fourth-order valence-electron chi connectivity index (χ4n) is 1.73. The lowest BCUT2D eigenvalue weighted by Gasteiger charge is -2.23. The van der Waals surface area contributed by atoms with Crippen molar-refractivity contribution in [1.82, 2.24) is 0 Å². The number of hydrogen-bond donors (Lipinski definition) is 1. The number of aliphatic hydroxyl groups is 1. The van der Waals surface area contributed by atoms with Gasteiger partial charge in [0.15, 0.2) is 0 Å². The van der Waals surface area contributed by atoms with Gasteiger partial charge >= 0.3 is 0 Å². The van der Waals surface area contributed by atoms with Gasteiger partial charge in [-0.2, -0.15) is 5.26 Å². The van der Waals surface area contributed by atoms with Crippen LogP contribution in [0.4, 0.5) is 11.4 Å². The van der Waals surface area contributed by atoms with E-state index in [1.165, 1.54) is 12.1 Å². The van der Waals surface area contributed by atoms with E-state index in [1.54, 1.807) is 6.07 Å². The molecule has 96 valence electrons. The molecule has 0 spiro atoms. The van der Waals surface area contributed by atoms with Crippen LogP contribution >= 0.6 is 0 Å². The Kier molecular flexibility index (Phi) is 5.08. The number of aliphatic hydroxyl groups excluding tert-OH is 1. The Morgan fingerprint density at radius 3 is 2.72 bits per heavy atom. The van der Waals surface area contributed by atoms with E-state index < -0.39 is 4.92 Å². The molecule has 0 aliphatic carbocycles. The summed E-state index contributed by atoms with van der Waals surface area (Å²) in [4.78, 5) is 12.0. The first-order valence-corrected chi connectivity index (χ1v) is 5.68. The van der Waals surface area contributed by atoms with E-state index in [0.717, 1.165) is 13.0 Å². The van der Waals surface area contributed by atoms with Crippen LogP contribution in [0, 0.1) is 21.4 Å². The van der Waals surface area contributed by atoms with Gasteiger partial charge in [0.25, 0.3) is 5.69 Å². The van der Waals surface area contributed by atoms with Crippen LogP contribution in [0.25, 0.3) is 0 Å². The van der Waals surface area contributed by atoms with Crippen molar-refractivity contribution in [2.45, 2.75) is 13.3 Å². The van der Waals surface area contributed by atoms with E-state index in [-0.39, 0.29) is 17.9 Å². The van der Waals surface area contributed by atoms with Crippen LogP contribution in [0.3, 0.4) is 0 Å². The molecule has 0 aromatic heterocycles. The summed E-state index contributed by atoms with van der Waals surface area (Å²) in [5.41, 5.74) is 0.561. The van der Waals surface area contributed by atoms with E-state index >= 15 is 0 Å². The highest BCUT2D eigenvalue weighted by molar-refractivity contribution is 5.59. The number of rotatable bonds is 6. The molecule has 0 aliphatic heterocycles. The van der Waals surface area contributed by atoms with Gasteiger partial charge in [0.2, 0.25) is 0 Å². The van der Waals surface area contributed by atoms with Crippen molar-refractivity contribution in [2.24, 2.45) is 0 Å². The lowest BCUT2D eigenvalue weighted by atomic mass is 10.1. The van der Waals surface area contributed by atoms with E-state index in [9.17, 15) is 10.1 Å². The summed E-state index contributed by atoms with van der Waals surface area (Å²) >= 11 is 0. The monoisotopic (exact) mass is 249 g/mol. The molecule has 0 heterocycles. The average Bonchev–Trinajstić information content (AvgIpc) is 2.37. The van der Waals surface area contributed by atoms with E-state index in [1.807, 2.05) is 17.9 Å². The Morgan fingerprint density at radius 2 is 2.22 bits per heavy atom. The molecule has 0 aliphatic rings. The maximum Gasteiger partial charge on any atom is 0.287 e. The lowest BCUT2D eigenvalue weighted by molar-refractivity contribution is -0.385. The predicted octanol–water partition coefficient (Wildman–Crippen LogP) is 1.68. The van der Waals surface area contributed by atoms with Gasteiger partial charge in [0.1, 0.15) is 11.6 Å². The third kappa shape index (κ3) is 3.18. The van der Waals surface area contributed by atoms with Crippen LogP contribution in [0.2, 0.25) is 0 Å². The van der Waals surface area contributed by atoms with E-state index in [0.29, 0.717) is 12.2 Å². The zero-order valence-corrected chi connectivity index (χ0v) is 10.2. The molecule has 0 amide bonds. The number of nitrogens with zero attached hydrogens (tertiary/aromatic N) is 3. The van der Waals surface area contributed by atoms with Crippen molar-refractivity contribution < 1.29 is 10.0 Å². The maximum absolute atomic E-state index is 10.7. The third-order valence-electron chi connectivity index (χ3n) is 2.53. The summed E-state index contributed by atoms with van der Waals surface area (Å²) in [6.07, 6.45) is 0.888. The molecule has 0 saturated carbocycles. The van der Waals surface area contributed by atoms with Crippen molar-refractivity contribution in [3.63, 3.8) is 0 Å². The molecule has 0 fully saturated rings. The maximum atomic E-state index is 10.7. The van der Waals surface area contributed by atoms with Gasteiger partial charge in [-0.15, -0.1) is 0 Å². The minimum atomic E-state index is -0.571. The molecule has 0 atom stereocenters. The molecule has 1 rings (SSSR count). The summed E-state index contributed by atoms with van der Waals surface area (Å²) in [5.74, 6) is 0. The SMILES string of the molecule is CCCN(CCO)c1ccc([N+](=O)[O-])c(C#N)c1. The molecule has 0 radical (unpaired) electrons. The second-order valence-electron chi connectivity index (χ2n) is 3.78. The smallest absolute Gasteiger partial charge is 0.287 e. The highest BCUT2D eigenvalue weighted by Gasteiger charge is 2.15. The Bertz CT molecular complexity index is 462. The molecule has 1 N–H and O–H groups in total. The second-order valence-corrected chi connectivity index (χ2v) is 3.78. The minimum absolute atomic E-state index is 0.00112. The van der Waals surface area contributed by atoms with Crippen LogP contribution in [-0.2, 0) is 0 Å². The second kappa shape index (κ2) is 6.57. The van der Waals surface area contributed by atoms with Crippen molar-refractivity contribution in [2.75, 3.05) is 24.6 Å². The Morgan fingerprint density at radius 1 is 1.50 bits per heavy atom. The summed E-state index contributed by atoms with van der Waals surface area (Å²) in [7, 11) is 0. The highest BCUT2D eigenvalue weighted by Crippen LogP contribution is 2.24. The number of anilines is 1. The minimum Gasteiger partial charge on any atom is -0.395 e. The Hall–Kier alpha value is -2.13. The van der Waals surface area contributed by atoms with Gasteiger partial charge in [-0.05, 0) is 18.6 Å². The quantitative estimate of drug-likeness (QED) is 0.611. The van der Waals surface area contributed by atoms with Gasteiger partial charge in [-0.3, -0.25) is 10.1 Å². The standard InChI is InChI=1S/C12H15N3O3/c1-2-5-14(6-7-16)11-3-4-12(15(17)18)10(8-11)9-13/h3-4,8,16H,2,5-7H2,1H3. The largest absolute Gasteiger partial charge is 0.395 e. The van der Waals surface area contributed by atoms with Crippen molar-refractivity contribution in [3.05, 3.63) is 33.9 Å². The van der Waals surface area contributed by atoms with Gasteiger partial charge in [-0.25, -0.2) is 0 Å². The van der Waals surface area contributed by atoms with Crippen molar-refractivity contribution in [1.29, 1.82) is 5.26 Å². The first kappa shape index (κ1) is 13.9. The van der Waals surface area contributed by atoms with Crippen molar-refractivity contribution >= 4 is 11.4 Å². The fraction of sp³-hybridized carbons (Fsp3) is 0.417. The van der Waals surface area contributed by atoms with E-state index in [2.05, 4.69) is 0 Å². The third-order valence-corrected chi connectivity index (χ3v) is 2.53. The topological polar surface area (TPSA) is 90.4 Å². The molecule has 0 unspecified atom stereocenters. The lowest BCUT2D eigenvalue weighted by Crippen LogP contribution is -2.27. The Balaban J connectivity index is 3.10. The summed E-state index contributed by atoms with van der Waals surface area (Å²) in [5, 5.41) is 28.6. The number of benzene rings is 1. The molecule has 1 aromatic carbocycles. The molecule has 0 bridgehead atoms. The first-order valence-electron chi connectivity index (χ1n) is 5.68. The normalized spacial score (nSPS) is 9.83. The number of nitro groups is 1. The van der Waals surface area contributed by atoms with Gasteiger partial charge in [0.05, 0.1) is 11.5 Å². The van der Waals surface area contributed by atoms with Crippen LogP contribution in [-0.4, -0.2) is 29.7 Å². The Labute approximate surface area is 105 Å². The zero-order chi connectivity index (χ0) is 13.5. The number of hydrogen-bond acceptors (Lipinski definition) is 5. The van der Waals surface area contributed by atoms with Gasteiger partial charge in [0, 0.05) is 24.8 Å². The number of nitriles is 1. The molecule has 1 aromatic rings. The molecular formula is C12H15N3O3. The van der Waals surface area contributed by atoms with Crippen LogP contribution < -0.4 is 4.90 Å². The molecule has 0 saturated heterocycles. The van der Waals surface area contributed by atoms with Crippen LogP contribution in [0.1, 0.15) is 18.9 Å². The van der Waals surface area contributed by atoms with Gasteiger partial charge in [-0.1, -0.05) is 6.92 Å². The average molecular weight is 249 g/mol. The number of nitro benzene ring substituents is 1. The van der Waals surface area contributed by atoms with Crippen LogP contribution in [0.5, 0.6) is 0 Å². The molecule has 18 heavy (non-hydrogen) atoms. The predicted molar refractivity (Wildman–Crippen MR) is 67.4 cm³/mol. The van der Waals surface area contributed by atoms with Gasteiger partial charge < -0.3 is 10.0 Å².